The predicted molar refractivity (Wildman–Crippen MR) is 93.6 cm³/mol. The third kappa shape index (κ3) is 5.57. The van der Waals surface area contributed by atoms with E-state index in [-0.39, 0.29) is 17.6 Å². The van der Waals surface area contributed by atoms with Crippen LogP contribution in [0.15, 0.2) is 42.7 Å². The van der Waals surface area contributed by atoms with Crippen LogP contribution in [0.4, 0.5) is 24.8 Å². The summed E-state index contributed by atoms with van der Waals surface area (Å²) in [5, 5.41) is 2.80. The zero-order valence-electron chi connectivity index (χ0n) is 14.4. The number of nitrogens with zero attached hydrogens (tertiary/aromatic N) is 3. The predicted octanol–water partition coefficient (Wildman–Crippen LogP) is 3.27. The van der Waals surface area contributed by atoms with Crippen molar-refractivity contribution in [3.05, 3.63) is 42.7 Å². The van der Waals surface area contributed by atoms with Crippen LogP contribution in [-0.4, -0.2) is 41.7 Å². The second-order valence-electron chi connectivity index (χ2n) is 6.25. The number of aromatic nitrogens is 2. The lowest BCUT2D eigenvalue weighted by Gasteiger charge is -2.31. The molecule has 0 saturated carbocycles. The standard InChI is InChI=1S/C18H19F3N4O2/c19-18(20,21)12-27-15-6-4-14(5-7-15)24-16(26)13-3-1-10-25(11-13)17-22-8-2-9-23-17/h2,4-9,13H,1,3,10-12H2,(H,24,26). The highest BCUT2D eigenvalue weighted by Crippen LogP contribution is 2.23. The Morgan fingerprint density at radius 3 is 2.59 bits per heavy atom. The van der Waals surface area contributed by atoms with Crippen LogP contribution in [0.5, 0.6) is 5.75 Å². The Bertz CT molecular complexity index is 753. The van der Waals surface area contributed by atoms with Crippen molar-refractivity contribution in [2.45, 2.75) is 19.0 Å². The van der Waals surface area contributed by atoms with Gasteiger partial charge in [0.2, 0.25) is 11.9 Å². The van der Waals surface area contributed by atoms with Gasteiger partial charge in [0.1, 0.15) is 5.75 Å². The van der Waals surface area contributed by atoms with E-state index in [1.807, 2.05) is 4.90 Å². The number of hydrogen-bond donors (Lipinski definition) is 1. The number of halogens is 3. The number of carbonyl (C=O) groups excluding carboxylic acids is 1. The average molecular weight is 380 g/mol. The molecule has 3 rings (SSSR count). The minimum Gasteiger partial charge on any atom is -0.484 e. The molecule has 1 aliphatic rings. The van der Waals surface area contributed by atoms with Crippen molar-refractivity contribution >= 4 is 17.5 Å². The Labute approximate surface area is 154 Å². The van der Waals surface area contributed by atoms with E-state index in [9.17, 15) is 18.0 Å². The second kappa shape index (κ2) is 8.24. The Morgan fingerprint density at radius 2 is 1.93 bits per heavy atom. The van der Waals surface area contributed by atoms with Gasteiger partial charge in [0.15, 0.2) is 6.61 Å². The van der Waals surface area contributed by atoms with Gasteiger partial charge >= 0.3 is 6.18 Å². The van der Waals surface area contributed by atoms with Crippen LogP contribution in [0.3, 0.4) is 0 Å². The zero-order valence-corrected chi connectivity index (χ0v) is 14.4. The van der Waals surface area contributed by atoms with Crippen LogP contribution in [0, 0.1) is 5.92 Å². The Kier molecular flexibility index (Phi) is 5.78. The summed E-state index contributed by atoms with van der Waals surface area (Å²) < 4.78 is 41.1. The number of alkyl halides is 3. The maximum atomic E-state index is 12.5. The summed E-state index contributed by atoms with van der Waals surface area (Å²) >= 11 is 0. The summed E-state index contributed by atoms with van der Waals surface area (Å²) in [6, 6.07) is 7.56. The van der Waals surface area contributed by atoms with E-state index in [0.717, 1.165) is 19.4 Å². The summed E-state index contributed by atoms with van der Waals surface area (Å²) in [7, 11) is 0. The van der Waals surface area contributed by atoms with Gasteiger partial charge in [-0.3, -0.25) is 4.79 Å². The molecule has 1 saturated heterocycles. The van der Waals surface area contributed by atoms with Gasteiger partial charge in [0.25, 0.3) is 0 Å². The van der Waals surface area contributed by atoms with E-state index in [4.69, 9.17) is 0 Å². The molecule has 1 fully saturated rings. The summed E-state index contributed by atoms with van der Waals surface area (Å²) in [4.78, 5) is 22.9. The number of hydrogen-bond acceptors (Lipinski definition) is 5. The van der Waals surface area contributed by atoms with Gasteiger partial charge < -0.3 is 15.0 Å². The fourth-order valence-corrected chi connectivity index (χ4v) is 2.87. The van der Waals surface area contributed by atoms with E-state index >= 15 is 0 Å². The van der Waals surface area contributed by atoms with E-state index in [0.29, 0.717) is 18.2 Å². The minimum absolute atomic E-state index is 0.0930. The van der Waals surface area contributed by atoms with E-state index in [1.54, 1.807) is 18.5 Å². The Morgan fingerprint density at radius 1 is 1.22 bits per heavy atom. The molecule has 1 atom stereocenters. The van der Waals surface area contributed by atoms with E-state index < -0.39 is 12.8 Å². The molecular weight excluding hydrogens is 361 g/mol. The molecule has 1 unspecified atom stereocenters. The first-order valence-corrected chi connectivity index (χ1v) is 8.53. The van der Waals surface area contributed by atoms with Crippen LogP contribution in [-0.2, 0) is 4.79 Å². The molecule has 0 spiro atoms. The molecule has 27 heavy (non-hydrogen) atoms. The van der Waals surface area contributed by atoms with Gasteiger partial charge in [-0.25, -0.2) is 9.97 Å². The van der Waals surface area contributed by atoms with Crippen LogP contribution in [0.1, 0.15) is 12.8 Å². The fourth-order valence-electron chi connectivity index (χ4n) is 2.87. The van der Waals surface area contributed by atoms with Crippen LogP contribution >= 0.6 is 0 Å². The maximum absolute atomic E-state index is 12.5. The molecule has 9 heteroatoms. The van der Waals surface area contributed by atoms with Gasteiger partial charge in [0, 0.05) is 31.2 Å². The quantitative estimate of drug-likeness (QED) is 0.862. The molecule has 6 nitrogen and oxygen atoms in total. The Hall–Kier alpha value is -2.84. The molecular formula is C18H19F3N4O2. The van der Waals surface area contributed by atoms with Gasteiger partial charge in [-0.2, -0.15) is 13.2 Å². The van der Waals surface area contributed by atoms with Gasteiger partial charge in [-0.1, -0.05) is 0 Å². The Balaban J connectivity index is 1.55. The lowest BCUT2D eigenvalue weighted by molar-refractivity contribution is -0.153. The maximum Gasteiger partial charge on any atom is 0.422 e. The van der Waals surface area contributed by atoms with Crippen LogP contribution in [0.2, 0.25) is 0 Å². The molecule has 1 aromatic carbocycles. The minimum atomic E-state index is -4.39. The molecule has 1 amide bonds. The smallest absolute Gasteiger partial charge is 0.422 e. The highest BCUT2D eigenvalue weighted by atomic mass is 19.4. The highest BCUT2D eigenvalue weighted by molar-refractivity contribution is 5.93. The molecule has 1 aromatic heterocycles. The molecule has 0 bridgehead atoms. The van der Waals surface area contributed by atoms with Crippen molar-refractivity contribution in [1.29, 1.82) is 0 Å². The number of piperidine rings is 1. The number of nitrogens with one attached hydrogen (secondary N) is 1. The monoisotopic (exact) mass is 380 g/mol. The van der Waals surface area contributed by atoms with Gasteiger partial charge in [-0.15, -0.1) is 0 Å². The van der Waals surface area contributed by atoms with Gasteiger partial charge in [0.05, 0.1) is 5.92 Å². The van der Waals surface area contributed by atoms with Crippen molar-refractivity contribution in [3.63, 3.8) is 0 Å². The first-order valence-electron chi connectivity index (χ1n) is 8.53. The third-order valence-electron chi connectivity index (χ3n) is 4.15. The number of ether oxygens (including phenoxy) is 1. The lowest BCUT2D eigenvalue weighted by atomic mass is 9.97. The zero-order chi connectivity index (χ0) is 19.3. The van der Waals surface area contributed by atoms with Crippen molar-refractivity contribution in [1.82, 2.24) is 9.97 Å². The number of rotatable bonds is 5. The van der Waals surface area contributed by atoms with Crippen LogP contribution < -0.4 is 15.0 Å². The first kappa shape index (κ1) is 18.9. The SMILES string of the molecule is O=C(Nc1ccc(OCC(F)(F)F)cc1)C1CCCN(c2ncccn2)C1. The highest BCUT2D eigenvalue weighted by Gasteiger charge is 2.29. The number of benzene rings is 1. The van der Waals surface area contributed by atoms with Crippen molar-refractivity contribution in [2.24, 2.45) is 5.92 Å². The molecule has 1 aliphatic heterocycles. The third-order valence-corrected chi connectivity index (χ3v) is 4.15. The van der Waals surface area contributed by atoms with E-state index in [2.05, 4.69) is 20.0 Å². The van der Waals surface area contributed by atoms with Crippen molar-refractivity contribution < 1.29 is 22.7 Å². The molecule has 2 heterocycles. The molecule has 1 N–H and O–H groups in total. The number of carbonyl (C=O) groups is 1. The van der Waals surface area contributed by atoms with Crippen LogP contribution in [0.25, 0.3) is 0 Å². The summed E-state index contributed by atoms with van der Waals surface area (Å²) in [6.07, 6.45) is 0.535. The van der Waals surface area contributed by atoms with E-state index in [1.165, 1.54) is 24.3 Å². The first-order chi connectivity index (χ1) is 12.9. The topological polar surface area (TPSA) is 67.3 Å². The summed E-state index contributed by atoms with van der Waals surface area (Å²) in [6.45, 7) is -0.0418. The lowest BCUT2D eigenvalue weighted by Crippen LogP contribution is -2.41. The van der Waals surface area contributed by atoms with Gasteiger partial charge in [-0.05, 0) is 43.2 Å². The fraction of sp³-hybridized carbons (Fsp3) is 0.389. The largest absolute Gasteiger partial charge is 0.484 e. The molecule has 144 valence electrons. The molecule has 0 aliphatic carbocycles. The number of anilines is 2. The number of amides is 1. The summed E-state index contributed by atoms with van der Waals surface area (Å²) in [5.41, 5.74) is 0.507. The normalized spacial score (nSPS) is 17.4. The average Bonchev–Trinajstić information content (AvgIpc) is 2.67. The second-order valence-corrected chi connectivity index (χ2v) is 6.25. The van der Waals surface area contributed by atoms with Crippen molar-refractivity contribution in [3.8, 4) is 5.75 Å². The summed E-state index contributed by atoms with van der Waals surface area (Å²) in [5.74, 6) is 0.333. The molecule has 0 radical (unpaired) electrons. The molecule has 2 aromatic rings. The van der Waals surface area contributed by atoms with Crippen molar-refractivity contribution in [2.75, 3.05) is 29.9 Å².